The number of primary amides is 1. The van der Waals surface area contributed by atoms with Gasteiger partial charge in [0.25, 0.3) is 0 Å². The first-order chi connectivity index (χ1) is 8.36. The van der Waals surface area contributed by atoms with Crippen LogP contribution in [0.4, 0.5) is 4.79 Å². The predicted octanol–water partition coefficient (Wildman–Crippen LogP) is -0.961. The van der Waals surface area contributed by atoms with E-state index < -0.39 is 30.4 Å². The number of urea groups is 1. The first-order valence-corrected chi connectivity index (χ1v) is 5.44. The number of amides is 3. The molecule has 0 fully saturated rings. The normalized spacial score (nSPS) is 13.4. The molecule has 0 heterocycles. The topological polar surface area (TPSA) is 131 Å². The molecule has 8 nitrogen and oxygen atoms in total. The Labute approximate surface area is 105 Å². The maximum atomic E-state index is 11.4. The molecular formula is C10H19N3O5. The molecule has 0 aromatic rings. The lowest BCUT2D eigenvalue weighted by Crippen LogP contribution is -2.49. The number of carbonyl (C=O) groups excluding carboxylic acids is 2. The van der Waals surface area contributed by atoms with E-state index >= 15 is 0 Å². The molecule has 104 valence electrons. The van der Waals surface area contributed by atoms with Crippen LogP contribution < -0.4 is 16.4 Å². The van der Waals surface area contributed by atoms with Crippen molar-refractivity contribution in [2.24, 2.45) is 5.73 Å². The van der Waals surface area contributed by atoms with Gasteiger partial charge in [-0.25, -0.2) is 9.59 Å². The summed E-state index contributed by atoms with van der Waals surface area (Å²) in [6, 6.07) is -2.16. The maximum absolute atomic E-state index is 11.4. The van der Waals surface area contributed by atoms with E-state index in [-0.39, 0.29) is 6.04 Å². The highest BCUT2D eigenvalue weighted by atomic mass is 16.5. The molecule has 2 atom stereocenters. The molecule has 0 saturated heterocycles. The molecule has 0 aliphatic heterocycles. The Bertz CT molecular complexity index is 308. The summed E-state index contributed by atoms with van der Waals surface area (Å²) >= 11 is 0. The average molecular weight is 261 g/mol. The SMILES string of the molecule is COCCC(C)NC(=O)N[C@H](CC(N)=O)C(=O)O. The van der Waals surface area contributed by atoms with E-state index in [1.54, 1.807) is 14.0 Å². The van der Waals surface area contributed by atoms with Crippen LogP contribution in [-0.2, 0) is 14.3 Å². The monoisotopic (exact) mass is 261 g/mol. The number of carbonyl (C=O) groups is 3. The Morgan fingerprint density at radius 3 is 2.39 bits per heavy atom. The Morgan fingerprint density at radius 1 is 1.33 bits per heavy atom. The van der Waals surface area contributed by atoms with Gasteiger partial charge in [-0.1, -0.05) is 0 Å². The van der Waals surface area contributed by atoms with Gasteiger partial charge in [-0.05, 0) is 13.3 Å². The van der Waals surface area contributed by atoms with E-state index in [2.05, 4.69) is 10.6 Å². The lowest BCUT2D eigenvalue weighted by atomic mass is 10.2. The number of nitrogens with one attached hydrogen (secondary N) is 2. The fraction of sp³-hybridized carbons (Fsp3) is 0.700. The molecule has 8 heteroatoms. The summed E-state index contributed by atoms with van der Waals surface area (Å²) in [5, 5.41) is 13.5. The average Bonchev–Trinajstić information content (AvgIpc) is 2.24. The highest BCUT2D eigenvalue weighted by Crippen LogP contribution is 1.94. The summed E-state index contributed by atoms with van der Waals surface area (Å²) in [6.45, 7) is 2.23. The predicted molar refractivity (Wildman–Crippen MR) is 62.9 cm³/mol. The van der Waals surface area contributed by atoms with Gasteiger partial charge in [0.2, 0.25) is 5.91 Å². The molecule has 0 aromatic carbocycles. The zero-order valence-corrected chi connectivity index (χ0v) is 10.4. The minimum Gasteiger partial charge on any atom is -0.480 e. The second kappa shape index (κ2) is 8.29. The summed E-state index contributed by atoms with van der Waals surface area (Å²) < 4.78 is 4.84. The van der Waals surface area contributed by atoms with Gasteiger partial charge in [0.1, 0.15) is 6.04 Å². The summed E-state index contributed by atoms with van der Waals surface area (Å²) in [5.41, 5.74) is 4.88. The van der Waals surface area contributed by atoms with Crippen LogP contribution in [-0.4, -0.2) is 48.8 Å². The Kier molecular flexibility index (Phi) is 7.45. The number of ether oxygens (including phenoxy) is 1. The molecule has 3 amide bonds. The van der Waals surface area contributed by atoms with Crippen molar-refractivity contribution in [3.8, 4) is 0 Å². The zero-order valence-electron chi connectivity index (χ0n) is 10.4. The molecule has 0 spiro atoms. The first-order valence-electron chi connectivity index (χ1n) is 5.44. The van der Waals surface area contributed by atoms with Crippen LogP contribution in [0.25, 0.3) is 0 Å². The van der Waals surface area contributed by atoms with Crippen LogP contribution in [0.1, 0.15) is 19.8 Å². The van der Waals surface area contributed by atoms with Crippen molar-refractivity contribution >= 4 is 17.9 Å². The third kappa shape index (κ3) is 7.44. The van der Waals surface area contributed by atoms with Crippen molar-refractivity contribution < 1.29 is 24.2 Å². The van der Waals surface area contributed by atoms with Crippen LogP contribution >= 0.6 is 0 Å². The van der Waals surface area contributed by atoms with Crippen molar-refractivity contribution in [1.29, 1.82) is 0 Å². The number of methoxy groups -OCH3 is 1. The van der Waals surface area contributed by atoms with Gasteiger partial charge in [0.15, 0.2) is 0 Å². The van der Waals surface area contributed by atoms with E-state index in [1.807, 2.05) is 0 Å². The van der Waals surface area contributed by atoms with Gasteiger partial charge in [0, 0.05) is 19.8 Å². The Morgan fingerprint density at radius 2 is 1.94 bits per heavy atom. The molecule has 0 aromatic heterocycles. The molecule has 1 unspecified atom stereocenters. The van der Waals surface area contributed by atoms with Gasteiger partial charge in [-0.2, -0.15) is 0 Å². The van der Waals surface area contributed by atoms with Gasteiger partial charge in [-0.3, -0.25) is 4.79 Å². The number of carboxylic acid groups (broad SMARTS) is 1. The number of aliphatic carboxylic acids is 1. The minimum absolute atomic E-state index is 0.173. The van der Waals surface area contributed by atoms with Crippen molar-refractivity contribution in [2.75, 3.05) is 13.7 Å². The molecule has 0 aliphatic rings. The summed E-state index contributed by atoms with van der Waals surface area (Å²) in [5.74, 6) is -2.11. The Balaban J connectivity index is 4.17. The zero-order chi connectivity index (χ0) is 14.1. The fourth-order valence-electron chi connectivity index (χ4n) is 1.19. The second-order valence-electron chi connectivity index (χ2n) is 3.86. The van der Waals surface area contributed by atoms with Crippen LogP contribution in [0.5, 0.6) is 0 Å². The first kappa shape index (κ1) is 16.2. The molecule has 18 heavy (non-hydrogen) atoms. The summed E-state index contributed by atoms with van der Waals surface area (Å²) in [6.07, 6.45) is 0.146. The third-order valence-electron chi connectivity index (χ3n) is 2.14. The highest BCUT2D eigenvalue weighted by molar-refractivity contribution is 5.87. The van der Waals surface area contributed by atoms with Crippen LogP contribution in [0.15, 0.2) is 0 Å². The molecular weight excluding hydrogens is 242 g/mol. The smallest absolute Gasteiger partial charge is 0.326 e. The maximum Gasteiger partial charge on any atom is 0.326 e. The summed E-state index contributed by atoms with van der Waals surface area (Å²) in [4.78, 5) is 32.8. The van der Waals surface area contributed by atoms with Crippen LogP contribution in [0, 0.1) is 0 Å². The van der Waals surface area contributed by atoms with E-state index in [9.17, 15) is 14.4 Å². The molecule has 0 saturated carbocycles. The fourth-order valence-corrected chi connectivity index (χ4v) is 1.19. The number of hydrogen-bond donors (Lipinski definition) is 4. The van der Waals surface area contributed by atoms with E-state index in [0.717, 1.165) is 0 Å². The molecule has 5 N–H and O–H groups in total. The van der Waals surface area contributed by atoms with E-state index in [4.69, 9.17) is 15.6 Å². The second-order valence-corrected chi connectivity index (χ2v) is 3.86. The molecule has 0 bridgehead atoms. The van der Waals surface area contributed by atoms with Crippen molar-refractivity contribution in [3.05, 3.63) is 0 Å². The van der Waals surface area contributed by atoms with E-state index in [1.165, 1.54) is 0 Å². The summed E-state index contributed by atoms with van der Waals surface area (Å²) in [7, 11) is 1.54. The number of carboxylic acids is 1. The standard InChI is InChI=1S/C10H19N3O5/c1-6(3-4-18-2)12-10(17)13-7(9(15)16)5-8(11)14/h6-7H,3-5H2,1-2H3,(H2,11,14)(H,15,16)(H2,12,13,17)/t6?,7-/m1/s1. The number of nitrogens with two attached hydrogens (primary N) is 1. The largest absolute Gasteiger partial charge is 0.480 e. The van der Waals surface area contributed by atoms with Crippen molar-refractivity contribution in [3.63, 3.8) is 0 Å². The van der Waals surface area contributed by atoms with Gasteiger partial charge < -0.3 is 26.2 Å². The lowest BCUT2D eigenvalue weighted by Gasteiger charge is -2.17. The highest BCUT2D eigenvalue weighted by Gasteiger charge is 2.22. The van der Waals surface area contributed by atoms with Crippen molar-refractivity contribution in [2.45, 2.75) is 31.8 Å². The Hall–Kier alpha value is -1.83. The van der Waals surface area contributed by atoms with Crippen molar-refractivity contribution in [1.82, 2.24) is 10.6 Å². The van der Waals surface area contributed by atoms with Gasteiger partial charge >= 0.3 is 12.0 Å². The molecule has 0 aliphatic carbocycles. The van der Waals surface area contributed by atoms with Crippen LogP contribution in [0.3, 0.4) is 0 Å². The lowest BCUT2D eigenvalue weighted by molar-refractivity contribution is -0.140. The quantitative estimate of drug-likeness (QED) is 0.447. The minimum atomic E-state index is -1.32. The number of hydrogen-bond acceptors (Lipinski definition) is 4. The molecule has 0 radical (unpaired) electrons. The van der Waals surface area contributed by atoms with Gasteiger partial charge in [-0.15, -0.1) is 0 Å². The number of rotatable bonds is 8. The third-order valence-corrected chi connectivity index (χ3v) is 2.14. The van der Waals surface area contributed by atoms with E-state index in [0.29, 0.717) is 13.0 Å². The van der Waals surface area contributed by atoms with Crippen LogP contribution in [0.2, 0.25) is 0 Å². The van der Waals surface area contributed by atoms with Gasteiger partial charge in [0.05, 0.1) is 6.42 Å². The molecule has 0 rings (SSSR count).